The zero-order valence-corrected chi connectivity index (χ0v) is 11.3. The van der Waals surface area contributed by atoms with Crippen molar-refractivity contribution in [3.8, 4) is 0 Å². The topological polar surface area (TPSA) is 29.0 Å². The number of rotatable bonds is 3. The summed E-state index contributed by atoms with van der Waals surface area (Å²) in [5.74, 6) is 1.50. The average Bonchev–Trinajstić information content (AvgIpc) is 2.88. The quantitative estimate of drug-likeness (QED) is 0.842. The number of aromatic nitrogens is 2. The molecule has 1 atom stereocenters. The highest BCUT2D eigenvalue weighted by molar-refractivity contribution is 5.15. The lowest BCUT2D eigenvalue weighted by molar-refractivity contribution is 0.325. The number of hydrogen-bond acceptors (Lipinski definition) is 3. The highest BCUT2D eigenvalue weighted by Crippen LogP contribution is 2.25. The third-order valence-electron chi connectivity index (χ3n) is 3.70. The van der Waals surface area contributed by atoms with E-state index in [9.17, 15) is 0 Å². The number of benzene rings is 1. The van der Waals surface area contributed by atoms with E-state index in [-0.39, 0.29) is 0 Å². The molecule has 2 heterocycles. The van der Waals surface area contributed by atoms with Gasteiger partial charge in [0, 0.05) is 30.9 Å². The second-order valence-electron chi connectivity index (χ2n) is 5.26. The van der Waals surface area contributed by atoms with Gasteiger partial charge in [-0.15, -0.1) is 0 Å². The summed E-state index contributed by atoms with van der Waals surface area (Å²) in [7, 11) is 0. The number of hydrogen-bond donors (Lipinski definition) is 0. The fourth-order valence-corrected chi connectivity index (χ4v) is 2.69. The first-order valence-electron chi connectivity index (χ1n) is 6.87. The summed E-state index contributed by atoms with van der Waals surface area (Å²) in [5.41, 5.74) is 2.44. The Morgan fingerprint density at radius 1 is 1.21 bits per heavy atom. The highest BCUT2D eigenvalue weighted by atomic mass is 15.1. The molecule has 3 nitrogen and oxygen atoms in total. The fourth-order valence-electron chi connectivity index (χ4n) is 2.69. The molecule has 0 bridgehead atoms. The van der Waals surface area contributed by atoms with Crippen LogP contribution in [-0.4, -0.2) is 28.0 Å². The van der Waals surface area contributed by atoms with E-state index in [2.05, 4.69) is 45.2 Å². The van der Waals surface area contributed by atoms with Crippen molar-refractivity contribution in [2.45, 2.75) is 25.8 Å². The maximum atomic E-state index is 4.56. The SMILES string of the molecule is Cc1ccnc([C@H]2CCN(Cc3ccccc3)C2)n1. The van der Waals surface area contributed by atoms with Crippen LogP contribution in [0.4, 0.5) is 0 Å². The van der Waals surface area contributed by atoms with Crippen molar-refractivity contribution in [1.29, 1.82) is 0 Å². The molecule has 1 fully saturated rings. The van der Waals surface area contributed by atoms with Crippen molar-refractivity contribution in [2.75, 3.05) is 13.1 Å². The van der Waals surface area contributed by atoms with Crippen molar-refractivity contribution >= 4 is 0 Å². The maximum absolute atomic E-state index is 4.56. The lowest BCUT2D eigenvalue weighted by Crippen LogP contribution is -2.20. The molecule has 0 amide bonds. The van der Waals surface area contributed by atoms with Gasteiger partial charge in [0.1, 0.15) is 5.82 Å². The van der Waals surface area contributed by atoms with Gasteiger partial charge in [0.15, 0.2) is 0 Å². The van der Waals surface area contributed by atoms with Crippen molar-refractivity contribution in [3.05, 3.63) is 59.7 Å². The first-order valence-corrected chi connectivity index (χ1v) is 6.87. The molecule has 2 aromatic rings. The van der Waals surface area contributed by atoms with Gasteiger partial charge in [0.2, 0.25) is 0 Å². The van der Waals surface area contributed by atoms with Crippen molar-refractivity contribution in [2.24, 2.45) is 0 Å². The normalized spacial score (nSPS) is 19.7. The molecule has 0 unspecified atom stereocenters. The smallest absolute Gasteiger partial charge is 0.132 e. The Balaban J connectivity index is 1.64. The van der Waals surface area contributed by atoms with Gasteiger partial charge in [0.25, 0.3) is 0 Å². The summed E-state index contributed by atoms with van der Waals surface area (Å²) in [6.45, 7) is 5.26. The van der Waals surface area contributed by atoms with Gasteiger partial charge in [-0.3, -0.25) is 4.90 Å². The van der Waals surface area contributed by atoms with E-state index in [1.165, 1.54) is 5.56 Å². The number of nitrogens with zero attached hydrogens (tertiary/aromatic N) is 3. The van der Waals surface area contributed by atoms with Crippen LogP contribution >= 0.6 is 0 Å². The third-order valence-corrected chi connectivity index (χ3v) is 3.70. The first kappa shape index (κ1) is 12.3. The Kier molecular flexibility index (Phi) is 3.56. The molecule has 0 N–H and O–H groups in total. The van der Waals surface area contributed by atoms with Crippen LogP contribution in [0.5, 0.6) is 0 Å². The standard InChI is InChI=1S/C16H19N3/c1-13-7-9-17-16(18-13)15-8-10-19(12-15)11-14-5-3-2-4-6-14/h2-7,9,15H,8,10-12H2,1H3/t15-/m0/s1. The summed E-state index contributed by atoms with van der Waals surface area (Å²) in [5, 5.41) is 0. The molecule has 0 saturated carbocycles. The Hall–Kier alpha value is -1.74. The van der Waals surface area contributed by atoms with Crippen molar-refractivity contribution in [1.82, 2.24) is 14.9 Å². The van der Waals surface area contributed by atoms with Gasteiger partial charge in [-0.2, -0.15) is 0 Å². The minimum absolute atomic E-state index is 0.489. The van der Waals surface area contributed by atoms with Crippen molar-refractivity contribution < 1.29 is 0 Å². The monoisotopic (exact) mass is 253 g/mol. The second kappa shape index (κ2) is 5.49. The van der Waals surface area contributed by atoms with E-state index in [1.54, 1.807) is 0 Å². The molecule has 1 saturated heterocycles. The maximum Gasteiger partial charge on any atom is 0.132 e. The molecule has 1 aliphatic rings. The molecule has 19 heavy (non-hydrogen) atoms. The summed E-state index contributed by atoms with van der Waals surface area (Å²) in [6, 6.07) is 12.6. The summed E-state index contributed by atoms with van der Waals surface area (Å²) in [6.07, 6.45) is 3.04. The van der Waals surface area contributed by atoms with E-state index in [0.29, 0.717) is 5.92 Å². The lowest BCUT2D eigenvalue weighted by Gasteiger charge is -2.15. The molecular formula is C16H19N3. The Morgan fingerprint density at radius 3 is 2.84 bits per heavy atom. The lowest BCUT2D eigenvalue weighted by atomic mass is 10.1. The first-order chi connectivity index (χ1) is 9.31. The molecule has 1 aliphatic heterocycles. The van der Waals surface area contributed by atoms with Gasteiger partial charge in [-0.05, 0) is 31.5 Å². The predicted molar refractivity (Wildman–Crippen MR) is 75.8 cm³/mol. The fraction of sp³-hybridized carbons (Fsp3) is 0.375. The van der Waals surface area contributed by atoms with Crippen LogP contribution < -0.4 is 0 Å². The zero-order chi connectivity index (χ0) is 13.1. The average molecular weight is 253 g/mol. The minimum atomic E-state index is 0.489. The van der Waals surface area contributed by atoms with E-state index in [0.717, 1.165) is 37.6 Å². The zero-order valence-electron chi connectivity index (χ0n) is 11.3. The van der Waals surface area contributed by atoms with E-state index >= 15 is 0 Å². The molecule has 0 aliphatic carbocycles. The molecule has 3 heteroatoms. The van der Waals surface area contributed by atoms with Gasteiger partial charge in [-0.1, -0.05) is 30.3 Å². The van der Waals surface area contributed by atoms with Crippen molar-refractivity contribution in [3.63, 3.8) is 0 Å². The van der Waals surface area contributed by atoms with E-state index < -0.39 is 0 Å². The van der Waals surface area contributed by atoms with Crippen LogP contribution in [0.1, 0.15) is 29.4 Å². The predicted octanol–water partition coefficient (Wildman–Crippen LogP) is 2.77. The largest absolute Gasteiger partial charge is 0.298 e. The van der Waals surface area contributed by atoms with Gasteiger partial charge in [-0.25, -0.2) is 9.97 Å². The molecule has 3 rings (SSSR count). The molecule has 0 radical (unpaired) electrons. The van der Waals surface area contributed by atoms with Crippen LogP contribution in [0.3, 0.4) is 0 Å². The number of likely N-dealkylation sites (tertiary alicyclic amines) is 1. The van der Waals surface area contributed by atoms with E-state index in [1.807, 2.05) is 19.2 Å². The minimum Gasteiger partial charge on any atom is -0.298 e. The Labute approximate surface area is 114 Å². The van der Waals surface area contributed by atoms with Gasteiger partial charge < -0.3 is 0 Å². The Bertz CT molecular complexity index is 539. The van der Waals surface area contributed by atoms with Crippen LogP contribution in [0.25, 0.3) is 0 Å². The molecule has 0 spiro atoms. The van der Waals surface area contributed by atoms with Crippen LogP contribution in [0.2, 0.25) is 0 Å². The summed E-state index contributed by atoms with van der Waals surface area (Å²) in [4.78, 5) is 11.5. The number of aryl methyl sites for hydroxylation is 1. The summed E-state index contributed by atoms with van der Waals surface area (Å²) < 4.78 is 0. The Morgan fingerprint density at radius 2 is 2.05 bits per heavy atom. The third kappa shape index (κ3) is 2.99. The van der Waals surface area contributed by atoms with Gasteiger partial charge in [0.05, 0.1) is 0 Å². The molecular weight excluding hydrogens is 234 g/mol. The van der Waals surface area contributed by atoms with E-state index in [4.69, 9.17) is 0 Å². The van der Waals surface area contributed by atoms with Crippen LogP contribution in [-0.2, 0) is 6.54 Å². The summed E-state index contributed by atoms with van der Waals surface area (Å²) >= 11 is 0. The van der Waals surface area contributed by atoms with Gasteiger partial charge >= 0.3 is 0 Å². The van der Waals surface area contributed by atoms with Crippen LogP contribution in [0.15, 0.2) is 42.6 Å². The molecule has 1 aromatic heterocycles. The van der Waals surface area contributed by atoms with Crippen LogP contribution in [0, 0.1) is 6.92 Å². The molecule has 98 valence electrons. The molecule has 1 aromatic carbocycles. The second-order valence-corrected chi connectivity index (χ2v) is 5.26. The highest BCUT2D eigenvalue weighted by Gasteiger charge is 2.25.